The Morgan fingerprint density at radius 2 is 2.15 bits per heavy atom. The first-order chi connectivity index (χ1) is 6.22. The molecular formula is C10H17N3. The molecule has 0 saturated heterocycles. The van der Waals surface area contributed by atoms with Crippen molar-refractivity contribution in [2.24, 2.45) is 7.05 Å². The van der Waals surface area contributed by atoms with E-state index in [-0.39, 0.29) is 0 Å². The molecule has 0 aliphatic carbocycles. The highest BCUT2D eigenvalue weighted by Gasteiger charge is 2.20. The minimum atomic E-state index is 1.08. The van der Waals surface area contributed by atoms with Gasteiger partial charge in [-0.2, -0.15) is 5.10 Å². The van der Waals surface area contributed by atoms with Crippen molar-refractivity contribution in [3.05, 3.63) is 17.0 Å². The van der Waals surface area contributed by atoms with E-state index in [0.717, 1.165) is 25.9 Å². The highest BCUT2D eigenvalue weighted by Crippen LogP contribution is 2.20. The van der Waals surface area contributed by atoms with Gasteiger partial charge in [0.05, 0.1) is 5.69 Å². The Labute approximate surface area is 79.3 Å². The van der Waals surface area contributed by atoms with E-state index >= 15 is 0 Å². The van der Waals surface area contributed by atoms with Crippen LogP contribution in [0.1, 0.15) is 23.9 Å². The zero-order chi connectivity index (χ0) is 9.42. The van der Waals surface area contributed by atoms with E-state index in [1.165, 1.54) is 17.0 Å². The van der Waals surface area contributed by atoms with Gasteiger partial charge in [0.2, 0.25) is 0 Å². The number of aromatic nitrogens is 2. The Balaban J connectivity index is 2.42. The van der Waals surface area contributed by atoms with Crippen LogP contribution < -0.4 is 0 Å². The largest absolute Gasteiger partial charge is 0.302 e. The lowest BCUT2D eigenvalue weighted by atomic mass is 10.0. The Hall–Kier alpha value is -0.830. The second kappa shape index (κ2) is 3.14. The number of fused-ring (bicyclic) bond motifs is 1. The monoisotopic (exact) mass is 179 g/mol. The van der Waals surface area contributed by atoms with E-state index in [9.17, 15) is 0 Å². The summed E-state index contributed by atoms with van der Waals surface area (Å²) in [6, 6.07) is 0. The van der Waals surface area contributed by atoms with Crippen LogP contribution in [-0.4, -0.2) is 28.3 Å². The van der Waals surface area contributed by atoms with Gasteiger partial charge in [0.25, 0.3) is 0 Å². The topological polar surface area (TPSA) is 21.1 Å². The number of nitrogens with zero attached hydrogens (tertiary/aromatic N) is 3. The van der Waals surface area contributed by atoms with Gasteiger partial charge in [-0.15, -0.1) is 0 Å². The molecule has 3 heteroatoms. The number of rotatable bonds is 1. The summed E-state index contributed by atoms with van der Waals surface area (Å²) >= 11 is 0. The van der Waals surface area contributed by atoms with Gasteiger partial charge in [-0.3, -0.25) is 4.68 Å². The third kappa shape index (κ3) is 1.37. The molecule has 0 fully saturated rings. The molecule has 1 aliphatic rings. The van der Waals surface area contributed by atoms with Crippen LogP contribution in [0.25, 0.3) is 0 Å². The molecule has 0 bridgehead atoms. The summed E-state index contributed by atoms with van der Waals surface area (Å²) in [5, 5.41) is 4.55. The van der Waals surface area contributed by atoms with Crippen molar-refractivity contribution in [2.45, 2.75) is 26.3 Å². The molecule has 72 valence electrons. The highest BCUT2D eigenvalue weighted by molar-refractivity contribution is 5.28. The summed E-state index contributed by atoms with van der Waals surface area (Å²) < 4.78 is 2.05. The summed E-state index contributed by atoms with van der Waals surface area (Å²) in [6.45, 7) is 4.42. The van der Waals surface area contributed by atoms with Crippen molar-refractivity contribution in [3.63, 3.8) is 0 Å². The van der Waals surface area contributed by atoms with Gasteiger partial charge in [0.1, 0.15) is 0 Å². The fourth-order valence-corrected chi connectivity index (χ4v) is 2.13. The van der Waals surface area contributed by atoms with Crippen molar-refractivity contribution in [2.75, 3.05) is 13.6 Å². The van der Waals surface area contributed by atoms with Gasteiger partial charge < -0.3 is 4.90 Å². The van der Waals surface area contributed by atoms with E-state index in [0.29, 0.717) is 0 Å². The molecule has 0 saturated carbocycles. The molecule has 2 rings (SSSR count). The maximum Gasteiger partial charge on any atom is 0.0685 e. The van der Waals surface area contributed by atoms with Gasteiger partial charge in [-0.1, -0.05) is 6.92 Å². The summed E-state index contributed by atoms with van der Waals surface area (Å²) in [5.74, 6) is 0. The van der Waals surface area contributed by atoms with E-state index in [1.807, 2.05) is 4.68 Å². The first kappa shape index (κ1) is 8.75. The number of hydrogen-bond acceptors (Lipinski definition) is 2. The lowest BCUT2D eigenvalue weighted by molar-refractivity contribution is 0.311. The zero-order valence-electron chi connectivity index (χ0n) is 8.67. The lowest BCUT2D eigenvalue weighted by Crippen LogP contribution is -2.26. The first-order valence-electron chi connectivity index (χ1n) is 4.94. The predicted octanol–water partition coefficient (Wildman–Crippen LogP) is 0.970. The quantitative estimate of drug-likeness (QED) is 0.640. The normalized spacial score (nSPS) is 17.5. The van der Waals surface area contributed by atoms with E-state index in [4.69, 9.17) is 0 Å². The molecule has 1 aromatic heterocycles. The minimum Gasteiger partial charge on any atom is -0.302 e. The number of hydrogen-bond donors (Lipinski definition) is 0. The van der Waals surface area contributed by atoms with Crippen molar-refractivity contribution in [1.82, 2.24) is 14.7 Å². The zero-order valence-corrected chi connectivity index (χ0v) is 8.67. The molecule has 1 aromatic rings. The average Bonchev–Trinajstić information content (AvgIpc) is 2.40. The van der Waals surface area contributed by atoms with Crippen LogP contribution in [0.5, 0.6) is 0 Å². The first-order valence-corrected chi connectivity index (χ1v) is 4.94. The van der Waals surface area contributed by atoms with E-state index in [1.54, 1.807) is 0 Å². The fraction of sp³-hybridized carbons (Fsp3) is 0.700. The van der Waals surface area contributed by atoms with Crippen LogP contribution in [0.3, 0.4) is 0 Å². The Kier molecular flexibility index (Phi) is 2.12. The second-order valence-electron chi connectivity index (χ2n) is 3.84. The minimum absolute atomic E-state index is 1.08. The Bertz CT molecular complexity index is 314. The molecule has 0 unspecified atom stereocenters. The van der Waals surface area contributed by atoms with Crippen LogP contribution in [-0.2, 0) is 26.4 Å². The van der Waals surface area contributed by atoms with E-state index in [2.05, 4.69) is 31.0 Å². The van der Waals surface area contributed by atoms with Gasteiger partial charge in [0.15, 0.2) is 0 Å². The maximum absolute atomic E-state index is 4.55. The molecule has 0 spiro atoms. The molecule has 2 heterocycles. The molecule has 13 heavy (non-hydrogen) atoms. The van der Waals surface area contributed by atoms with Gasteiger partial charge >= 0.3 is 0 Å². The smallest absolute Gasteiger partial charge is 0.0685 e. The average molecular weight is 179 g/mol. The highest BCUT2D eigenvalue weighted by atomic mass is 15.3. The summed E-state index contributed by atoms with van der Waals surface area (Å²) in [7, 11) is 4.23. The van der Waals surface area contributed by atoms with Gasteiger partial charge in [-0.25, -0.2) is 0 Å². The summed E-state index contributed by atoms with van der Waals surface area (Å²) in [6.07, 6.45) is 2.20. The van der Waals surface area contributed by atoms with Crippen molar-refractivity contribution in [1.29, 1.82) is 0 Å². The Morgan fingerprint density at radius 1 is 1.38 bits per heavy atom. The summed E-state index contributed by atoms with van der Waals surface area (Å²) in [4.78, 5) is 2.36. The van der Waals surface area contributed by atoms with Crippen LogP contribution >= 0.6 is 0 Å². The third-order valence-corrected chi connectivity index (χ3v) is 2.85. The lowest BCUT2D eigenvalue weighted by Gasteiger charge is -2.21. The molecule has 0 aromatic carbocycles. The van der Waals surface area contributed by atoms with Crippen LogP contribution in [0.15, 0.2) is 0 Å². The number of likely N-dealkylation sites (N-methyl/N-ethyl adjacent to an activating group) is 1. The van der Waals surface area contributed by atoms with Crippen molar-refractivity contribution < 1.29 is 0 Å². The molecular weight excluding hydrogens is 162 g/mol. The molecule has 0 atom stereocenters. The molecule has 1 aliphatic heterocycles. The fourth-order valence-electron chi connectivity index (χ4n) is 2.13. The van der Waals surface area contributed by atoms with E-state index < -0.39 is 0 Å². The number of aryl methyl sites for hydroxylation is 1. The Morgan fingerprint density at radius 3 is 2.85 bits per heavy atom. The van der Waals surface area contributed by atoms with Crippen LogP contribution in [0.2, 0.25) is 0 Å². The maximum atomic E-state index is 4.55. The van der Waals surface area contributed by atoms with Crippen LogP contribution in [0, 0.1) is 0 Å². The second-order valence-corrected chi connectivity index (χ2v) is 3.84. The third-order valence-electron chi connectivity index (χ3n) is 2.85. The van der Waals surface area contributed by atoms with Crippen molar-refractivity contribution >= 4 is 0 Å². The molecule has 0 radical (unpaired) electrons. The molecule has 0 N–H and O–H groups in total. The standard InChI is InChI=1S/C10H17N3/c1-4-10-8-7-12(2)6-5-9(8)11-13(10)3/h4-7H2,1-3H3. The molecule has 3 nitrogen and oxygen atoms in total. The summed E-state index contributed by atoms with van der Waals surface area (Å²) in [5.41, 5.74) is 4.19. The predicted molar refractivity (Wildman–Crippen MR) is 52.6 cm³/mol. The van der Waals surface area contributed by atoms with Crippen molar-refractivity contribution in [3.8, 4) is 0 Å². The van der Waals surface area contributed by atoms with Gasteiger partial charge in [-0.05, 0) is 13.5 Å². The van der Waals surface area contributed by atoms with Crippen LogP contribution in [0.4, 0.5) is 0 Å². The SMILES string of the molecule is CCc1c2c(nn1C)CCN(C)C2. The molecule has 0 amide bonds. The van der Waals surface area contributed by atoms with Gasteiger partial charge in [0, 0.05) is 37.8 Å².